The molecule has 0 spiro atoms. The van der Waals surface area contributed by atoms with Crippen molar-refractivity contribution in [3.05, 3.63) is 24.2 Å². The summed E-state index contributed by atoms with van der Waals surface area (Å²) in [5.41, 5.74) is 0.896. The van der Waals surface area contributed by atoms with Gasteiger partial charge in [-0.2, -0.15) is 0 Å². The van der Waals surface area contributed by atoms with Crippen LogP contribution in [0.2, 0.25) is 0 Å². The van der Waals surface area contributed by atoms with E-state index in [1.165, 1.54) is 19.3 Å². The van der Waals surface area contributed by atoms with Crippen LogP contribution >= 0.6 is 0 Å². The van der Waals surface area contributed by atoms with Gasteiger partial charge in [0, 0.05) is 18.5 Å². The second-order valence-corrected chi connectivity index (χ2v) is 7.96. The van der Waals surface area contributed by atoms with Gasteiger partial charge in [-0.05, 0) is 49.1 Å². The molecule has 0 saturated heterocycles. The summed E-state index contributed by atoms with van der Waals surface area (Å²) in [6.45, 7) is 11.9. The molecule has 1 aromatic heterocycles. The minimum Gasteiger partial charge on any atom is -0.469 e. The van der Waals surface area contributed by atoms with Crippen LogP contribution < -0.4 is 5.32 Å². The number of nitrogens with one attached hydrogen (secondary N) is 1. The summed E-state index contributed by atoms with van der Waals surface area (Å²) in [5.74, 6) is 1.08. The number of rotatable bonds is 4. The third-order valence-corrected chi connectivity index (χ3v) is 4.16. The van der Waals surface area contributed by atoms with Gasteiger partial charge in [-0.25, -0.2) is 0 Å². The number of hydrogen-bond donors (Lipinski definition) is 1. The average molecular weight is 263 g/mol. The van der Waals surface area contributed by atoms with E-state index in [1.807, 2.05) is 6.07 Å². The van der Waals surface area contributed by atoms with Crippen molar-refractivity contribution in [1.29, 1.82) is 0 Å². The van der Waals surface area contributed by atoms with Crippen molar-refractivity contribution in [2.24, 2.45) is 10.8 Å². The second kappa shape index (κ2) is 5.32. The lowest BCUT2D eigenvalue weighted by molar-refractivity contribution is 0.0809. The van der Waals surface area contributed by atoms with Crippen LogP contribution in [0.4, 0.5) is 0 Å². The molecule has 19 heavy (non-hydrogen) atoms. The summed E-state index contributed by atoms with van der Waals surface area (Å²) in [6.07, 6.45) is 6.61. The van der Waals surface area contributed by atoms with E-state index in [9.17, 15) is 0 Å². The van der Waals surface area contributed by atoms with E-state index in [4.69, 9.17) is 4.42 Å². The van der Waals surface area contributed by atoms with E-state index in [2.05, 4.69) is 46.0 Å². The van der Waals surface area contributed by atoms with Gasteiger partial charge < -0.3 is 9.73 Å². The van der Waals surface area contributed by atoms with E-state index in [0.29, 0.717) is 22.9 Å². The lowest BCUT2D eigenvalue weighted by atomic mass is 9.63. The van der Waals surface area contributed by atoms with Crippen LogP contribution in [0.5, 0.6) is 0 Å². The van der Waals surface area contributed by atoms with Crippen LogP contribution in [0.15, 0.2) is 22.8 Å². The summed E-state index contributed by atoms with van der Waals surface area (Å²) >= 11 is 0. The van der Waals surface area contributed by atoms with Crippen LogP contribution in [-0.4, -0.2) is 12.1 Å². The Morgan fingerprint density at radius 3 is 2.42 bits per heavy atom. The lowest BCUT2D eigenvalue weighted by Gasteiger charge is -2.46. The van der Waals surface area contributed by atoms with Crippen LogP contribution in [0.25, 0.3) is 0 Å². The van der Waals surface area contributed by atoms with Crippen molar-refractivity contribution in [3.8, 4) is 0 Å². The monoisotopic (exact) mass is 263 g/mol. The molecule has 2 rings (SSSR count). The molecule has 1 saturated carbocycles. The molecule has 1 aliphatic carbocycles. The molecule has 0 bridgehead atoms. The largest absolute Gasteiger partial charge is 0.469 e. The molecular formula is C17H29NO. The highest BCUT2D eigenvalue weighted by Crippen LogP contribution is 2.45. The Balaban J connectivity index is 1.91. The van der Waals surface area contributed by atoms with Crippen LogP contribution in [0, 0.1) is 10.8 Å². The molecule has 1 atom stereocenters. The number of furan rings is 1. The average Bonchev–Trinajstić information content (AvgIpc) is 2.63. The minimum atomic E-state index is 0.448. The fraction of sp³-hybridized carbons (Fsp3) is 0.765. The van der Waals surface area contributed by atoms with Crippen molar-refractivity contribution in [3.63, 3.8) is 0 Å². The first kappa shape index (κ1) is 14.6. The Kier molecular flexibility index (Phi) is 4.10. The predicted octanol–water partition coefficient (Wildman–Crippen LogP) is 4.41. The van der Waals surface area contributed by atoms with Crippen molar-refractivity contribution >= 4 is 0 Å². The maximum Gasteiger partial charge on any atom is 0.105 e. The molecule has 2 nitrogen and oxygen atoms in total. The molecule has 0 amide bonds. The van der Waals surface area contributed by atoms with E-state index in [-0.39, 0.29) is 0 Å². The summed E-state index contributed by atoms with van der Waals surface area (Å²) in [4.78, 5) is 0. The summed E-state index contributed by atoms with van der Waals surface area (Å²) in [6, 6.07) is 5.13. The van der Waals surface area contributed by atoms with Crippen molar-refractivity contribution < 1.29 is 4.42 Å². The van der Waals surface area contributed by atoms with E-state index in [0.717, 1.165) is 12.2 Å². The predicted molar refractivity (Wildman–Crippen MR) is 80.2 cm³/mol. The van der Waals surface area contributed by atoms with E-state index < -0.39 is 0 Å². The third kappa shape index (κ3) is 4.38. The first-order chi connectivity index (χ1) is 8.76. The van der Waals surface area contributed by atoms with Crippen LogP contribution in [-0.2, 0) is 6.42 Å². The maximum absolute atomic E-state index is 5.44. The number of hydrogen-bond acceptors (Lipinski definition) is 2. The van der Waals surface area contributed by atoms with Gasteiger partial charge in [-0.1, -0.05) is 27.7 Å². The van der Waals surface area contributed by atoms with Gasteiger partial charge in [-0.3, -0.25) is 0 Å². The quantitative estimate of drug-likeness (QED) is 0.870. The van der Waals surface area contributed by atoms with Crippen LogP contribution in [0.3, 0.4) is 0 Å². The highest BCUT2D eigenvalue weighted by molar-refractivity contribution is 5.01. The molecule has 0 aliphatic heterocycles. The normalized spacial score (nSPS) is 24.3. The second-order valence-electron chi connectivity index (χ2n) is 7.96. The fourth-order valence-electron chi connectivity index (χ4n) is 4.16. The lowest BCUT2D eigenvalue weighted by Crippen LogP contribution is -2.47. The standard InChI is InChI=1S/C17H29NO/c1-13(9-15-7-6-8-19-15)18-14-10-16(2,3)12-17(4,5)11-14/h6-8,13-14,18H,9-12H2,1-5H3. The van der Waals surface area contributed by atoms with Gasteiger partial charge in [0.25, 0.3) is 0 Å². The molecule has 1 N–H and O–H groups in total. The van der Waals surface area contributed by atoms with E-state index >= 15 is 0 Å². The molecule has 1 aliphatic rings. The molecule has 0 aromatic carbocycles. The highest BCUT2D eigenvalue weighted by atomic mass is 16.3. The van der Waals surface area contributed by atoms with Crippen molar-refractivity contribution in [1.82, 2.24) is 5.32 Å². The third-order valence-electron chi connectivity index (χ3n) is 4.16. The zero-order chi connectivity index (χ0) is 14.1. The smallest absolute Gasteiger partial charge is 0.105 e. The Morgan fingerprint density at radius 2 is 1.89 bits per heavy atom. The molecule has 1 unspecified atom stereocenters. The van der Waals surface area contributed by atoms with Gasteiger partial charge in [0.15, 0.2) is 0 Å². The first-order valence-corrected chi connectivity index (χ1v) is 7.54. The molecule has 1 fully saturated rings. The van der Waals surface area contributed by atoms with Gasteiger partial charge in [0.05, 0.1) is 6.26 Å². The Bertz CT molecular complexity index is 375. The first-order valence-electron chi connectivity index (χ1n) is 7.54. The summed E-state index contributed by atoms with van der Waals surface area (Å²) in [7, 11) is 0. The summed E-state index contributed by atoms with van der Waals surface area (Å²) in [5, 5.41) is 3.81. The molecule has 1 heterocycles. The Hall–Kier alpha value is -0.760. The zero-order valence-electron chi connectivity index (χ0n) is 13.1. The molecule has 0 radical (unpaired) electrons. The maximum atomic E-state index is 5.44. The SMILES string of the molecule is CC(Cc1ccco1)NC1CC(C)(C)CC(C)(C)C1. The fourth-order valence-corrected chi connectivity index (χ4v) is 4.16. The summed E-state index contributed by atoms with van der Waals surface area (Å²) < 4.78 is 5.44. The Labute approximate surface area is 118 Å². The van der Waals surface area contributed by atoms with Crippen molar-refractivity contribution in [2.75, 3.05) is 0 Å². The minimum absolute atomic E-state index is 0.448. The Morgan fingerprint density at radius 1 is 1.26 bits per heavy atom. The van der Waals surface area contributed by atoms with Gasteiger partial charge in [-0.15, -0.1) is 0 Å². The topological polar surface area (TPSA) is 25.2 Å². The highest BCUT2D eigenvalue weighted by Gasteiger charge is 2.38. The molecule has 2 heteroatoms. The van der Waals surface area contributed by atoms with Gasteiger partial charge in [0.2, 0.25) is 0 Å². The van der Waals surface area contributed by atoms with E-state index in [1.54, 1.807) is 6.26 Å². The van der Waals surface area contributed by atoms with Gasteiger partial charge in [0.1, 0.15) is 5.76 Å². The molecular weight excluding hydrogens is 234 g/mol. The molecule has 1 aromatic rings. The van der Waals surface area contributed by atoms with Gasteiger partial charge >= 0.3 is 0 Å². The molecule has 108 valence electrons. The van der Waals surface area contributed by atoms with Crippen molar-refractivity contribution in [2.45, 2.75) is 72.4 Å². The zero-order valence-corrected chi connectivity index (χ0v) is 13.1. The van der Waals surface area contributed by atoms with Crippen LogP contribution in [0.1, 0.15) is 59.6 Å².